The lowest BCUT2D eigenvalue weighted by atomic mass is 10.2. The fourth-order valence-electron chi connectivity index (χ4n) is 1.63. The van der Waals surface area contributed by atoms with Gasteiger partial charge in [0.05, 0.1) is 19.9 Å². The van der Waals surface area contributed by atoms with Crippen LogP contribution in [0.5, 0.6) is 11.5 Å². The van der Waals surface area contributed by atoms with Crippen LogP contribution in [0.3, 0.4) is 0 Å². The molecule has 0 spiro atoms. The number of carbonyl (C=O) groups excluding carboxylic acids is 1. The fourth-order valence-corrected chi connectivity index (χ4v) is 2.25. The lowest BCUT2D eigenvalue weighted by Gasteiger charge is -2.10. The van der Waals surface area contributed by atoms with E-state index < -0.39 is 0 Å². The number of rotatable bonds is 5. The molecule has 0 radical (unpaired) electrons. The first-order valence-corrected chi connectivity index (χ1v) is 6.85. The van der Waals surface area contributed by atoms with Crippen molar-refractivity contribution in [1.82, 2.24) is 0 Å². The highest BCUT2D eigenvalue weighted by atomic mass is 32.1. The first-order valence-electron chi connectivity index (χ1n) is 5.97. The van der Waals surface area contributed by atoms with Crippen molar-refractivity contribution in [3.05, 3.63) is 46.7 Å². The SMILES string of the molecule is COc1ccc(OC)c(NC(=O)C=Cc2cccs2)c1. The summed E-state index contributed by atoms with van der Waals surface area (Å²) in [6, 6.07) is 9.12. The van der Waals surface area contributed by atoms with Gasteiger partial charge in [-0.2, -0.15) is 0 Å². The fraction of sp³-hybridized carbons (Fsp3) is 0.133. The Hall–Kier alpha value is -2.27. The largest absolute Gasteiger partial charge is 0.497 e. The maximum absolute atomic E-state index is 11.9. The van der Waals surface area contributed by atoms with Crippen molar-refractivity contribution in [1.29, 1.82) is 0 Å². The molecule has 4 nitrogen and oxygen atoms in total. The molecular formula is C15H15NO3S. The Bertz CT molecular complexity index is 606. The third-order valence-corrected chi connectivity index (χ3v) is 3.44. The van der Waals surface area contributed by atoms with E-state index in [4.69, 9.17) is 9.47 Å². The van der Waals surface area contributed by atoms with Gasteiger partial charge in [0.1, 0.15) is 11.5 Å². The standard InChI is InChI=1S/C15H15NO3S/c1-18-11-5-7-14(19-2)13(10-11)16-15(17)8-6-12-4-3-9-20-12/h3-10H,1-2H3,(H,16,17). The molecule has 0 saturated heterocycles. The quantitative estimate of drug-likeness (QED) is 0.858. The van der Waals surface area contributed by atoms with Crippen LogP contribution >= 0.6 is 11.3 Å². The van der Waals surface area contributed by atoms with E-state index in [1.807, 2.05) is 17.5 Å². The second-order valence-corrected chi connectivity index (χ2v) is 4.88. The summed E-state index contributed by atoms with van der Waals surface area (Å²) in [5.74, 6) is 1.02. The van der Waals surface area contributed by atoms with Crippen LogP contribution in [0.2, 0.25) is 0 Å². The Kier molecular flexibility index (Phi) is 4.79. The Morgan fingerprint density at radius 2 is 2.10 bits per heavy atom. The number of benzene rings is 1. The molecule has 2 rings (SSSR count). The van der Waals surface area contributed by atoms with Gasteiger partial charge in [0.15, 0.2) is 0 Å². The normalized spacial score (nSPS) is 10.5. The van der Waals surface area contributed by atoms with E-state index in [0.717, 1.165) is 4.88 Å². The molecule has 0 aliphatic rings. The second kappa shape index (κ2) is 6.77. The number of hydrogen-bond donors (Lipinski definition) is 1. The van der Waals surface area contributed by atoms with E-state index in [1.54, 1.807) is 49.8 Å². The van der Waals surface area contributed by atoms with Gasteiger partial charge in [0, 0.05) is 17.0 Å². The van der Waals surface area contributed by atoms with Gasteiger partial charge in [-0.25, -0.2) is 0 Å². The van der Waals surface area contributed by atoms with Crippen LogP contribution < -0.4 is 14.8 Å². The Balaban J connectivity index is 2.10. The lowest BCUT2D eigenvalue weighted by molar-refractivity contribution is -0.111. The molecule has 1 amide bonds. The van der Waals surface area contributed by atoms with Crippen LogP contribution in [0.15, 0.2) is 41.8 Å². The predicted octanol–water partition coefficient (Wildman–Crippen LogP) is 3.42. The first-order chi connectivity index (χ1) is 9.72. The number of ether oxygens (including phenoxy) is 2. The average molecular weight is 289 g/mol. The van der Waals surface area contributed by atoms with Crippen LogP contribution in [0.25, 0.3) is 6.08 Å². The van der Waals surface area contributed by atoms with Gasteiger partial charge < -0.3 is 14.8 Å². The molecule has 1 heterocycles. The third kappa shape index (κ3) is 3.61. The Labute approximate surface area is 121 Å². The summed E-state index contributed by atoms with van der Waals surface area (Å²) < 4.78 is 10.3. The lowest BCUT2D eigenvalue weighted by Crippen LogP contribution is -2.09. The van der Waals surface area contributed by atoms with Gasteiger partial charge >= 0.3 is 0 Å². The second-order valence-electron chi connectivity index (χ2n) is 3.90. The smallest absolute Gasteiger partial charge is 0.248 e. The van der Waals surface area contributed by atoms with E-state index in [2.05, 4.69) is 5.32 Å². The molecule has 1 aromatic carbocycles. The molecular weight excluding hydrogens is 274 g/mol. The number of hydrogen-bond acceptors (Lipinski definition) is 4. The van der Waals surface area contributed by atoms with E-state index in [1.165, 1.54) is 6.08 Å². The van der Waals surface area contributed by atoms with Gasteiger partial charge in [-0.1, -0.05) is 6.07 Å². The molecule has 0 atom stereocenters. The topological polar surface area (TPSA) is 47.6 Å². The predicted molar refractivity (Wildman–Crippen MR) is 81.5 cm³/mol. The Morgan fingerprint density at radius 3 is 2.75 bits per heavy atom. The van der Waals surface area contributed by atoms with Gasteiger partial charge in [-0.05, 0) is 29.7 Å². The summed E-state index contributed by atoms with van der Waals surface area (Å²) >= 11 is 1.57. The summed E-state index contributed by atoms with van der Waals surface area (Å²) in [4.78, 5) is 12.9. The number of amides is 1. The summed E-state index contributed by atoms with van der Waals surface area (Å²) in [6.45, 7) is 0. The summed E-state index contributed by atoms with van der Waals surface area (Å²) in [6.07, 6.45) is 3.26. The van der Waals surface area contributed by atoms with Crippen LogP contribution in [-0.2, 0) is 4.79 Å². The molecule has 0 fully saturated rings. The summed E-state index contributed by atoms with van der Waals surface area (Å²) in [5, 5.41) is 4.73. The molecule has 2 aromatic rings. The van der Waals surface area contributed by atoms with Crippen molar-refractivity contribution < 1.29 is 14.3 Å². The molecule has 0 aliphatic heterocycles. The van der Waals surface area contributed by atoms with Crippen LogP contribution in [0, 0.1) is 0 Å². The zero-order valence-corrected chi connectivity index (χ0v) is 12.1. The van der Waals surface area contributed by atoms with Crippen LogP contribution in [-0.4, -0.2) is 20.1 Å². The molecule has 20 heavy (non-hydrogen) atoms. The van der Waals surface area contributed by atoms with Crippen LogP contribution in [0.1, 0.15) is 4.88 Å². The van der Waals surface area contributed by atoms with Crippen molar-refractivity contribution in [2.75, 3.05) is 19.5 Å². The molecule has 0 aliphatic carbocycles. The summed E-state index contributed by atoms with van der Waals surface area (Å²) in [5.41, 5.74) is 0.577. The molecule has 0 unspecified atom stereocenters. The first kappa shape index (κ1) is 14.1. The third-order valence-electron chi connectivity index (χ3n) is 2.61. The molecule has 1 aromatic heterocycles. The zero-order chi connectivity index (χ0) is 14.4. The highest BCUT2D eigenvalue weighted by molar-refractivity contribution is 7.10. The van der Waals surface area contributed by atoms with E-state index in [9.17, 15) is 4.79 Å². The van der Waals surface area contributed by atoms with Crippen LogP contribution in [0.4, 0.5) is 5.69 Å². The van der Waals surface area contributed by atoms with Crippen molar-refractivity contribution in [2.24, 2.45) is 0 Å². The van der Waals surface area contributed by atoms with Crippen molar-refractivity contribution in [3.8, 4) is 11.5 Å². The van der Waals surface area contributed by atoms with Gasteiger partial charge in [-0.3, -0.25) is 4.79 Å². The van der Waals surface area contributed by atoms with E-state index in [-0.39, 0.29) is 5.91 Å². The Morgan fingerprint density at radius 1 is 1.25 bits per heavy atom. The van der Waals surface area contributed by atoms with Gasteiger partial charge in [0.2, 0.25) is 5.91 Å². The van der Waals surface area contributed by atoms with Gasteiger partial charge in [0.25, 0.3) is 0 Å². The number of carbonyl (C=O) groups is 1. The maximum atomic E-state index is 11.9. The molecule has 104 valence electrons. The van der Waals surface area contributed by atoms with Gasteiger partial charge in [-0.15, -0.1) is 11.3 Å². The minimum absolute atomic E-state index is 0.218. The number of nitrogens with one attached hydrogen (secondary N) is 1. The van der Waals surface area contributed by atoms with Crippen molar-refractivity contribution in [3.63, 3.8) is 0 Å². The van der Waals surface area contributed by atoms with Crippen molar-refractivity contribution >= 4 is 29.0 Å². The molecule has 5 heteroatoms. The summed E-state index contributed by atoms with van der Waals surface area (Å²) in [7, 11) is 3.13. The maximum Gasteiger partial charge on any atom is 0.248 e. The molecule has 0 saturated carbocycles. The number of anilines is 1. The monoisotopic (exact) mass is 289 g/mol. The van der Waals surface area contributed by atoms with E-state index in [0.29, 0.717) is 17.2 Å². The van der Waals surface area contributed by atoms with E-state index >= 15 is 0 Å². The number of thiophene rings is 1. The highest BCUT2D eigenvalue weighted by Gasteiger charge is 2.07. The average Bonchev–Trinajstić information content (AvgIpc) is 2.98. The molecule has 0 bridgehead atoms. The zero-order valence-electron chi connectivity index (χ0n) is 11.3. The number of methoxy groups -OCH3 is 2. The highest BCUT2D eigenvalue weighted by Crippen LogP contribution is 2.28. The minimum atomic E-state index is -0.218. The molecule has 1 N–H and O–H groups in total. The van der Waals surface area contributed by atoms with Crippen molar-refractivity contribution in [2.45, 2.75) is 0 Å². The minimum Gasteiger partial charge on any atom is -0.497 e.